The minimum atomic E-state index is 0.364. The molecule has 1 aliphatic heterocycles. The first-order valence-corrected chi connectivity index (χ1v) is 6.23. The minimum Gasteiger partial charge on any atom is -0.371 e. The molecule has 1 heterocycles. The highest BCUT2D eigenvalue weighted by atomic mass is 35.5. The summed E-state index contributed by atoms with van der Waals surface area (Å²) in [7, 11) is 0. The zero-order valence-electron chi connectivity index (χ0n) is 9.64. The van der Waals surface area contributed by atoms with Crippen LogP contribution in [0.2, 0.25) is 5.02 Å². The number of azide groups is 1. The van der Waals surface area contributed by atoms with Crippen LogP contribution >= 0.6 is 11.6 Å². The second kappa shape index (κ2) is 5.80. The lowest BCUT2D eigenvalue weighted by Gasteiger charge is -2.30. The molecule has 0 radical (unpaired) electrons. The van der Waals surface area contributed by atoms with Crippen LogP contribution in [0.15, 0.2) is 23.3 Å². The van der Waals surface area contributed by atoms with Crippen molar-refractivity contribution in [3.05, 3.63) is 39.2 Å². The van der Waals surface area contributed by atoms with E-state index in [1.165, 1.54) is 19.3 Å². The highest BCUT2D eigenvalue weighted by Gasteiger charge is 2.14. The fourth-order valence-electron chi connectivity index (χ4n) is 2.23. The topological polar surface area (TPSA) is 52.0 Å². The van der Waals surface area contributed by atoms with Crippen molar-refractivity contribution < 1.29 is 0 Å². The van der Waals surface area contributed by atoms with Crippen molar-refractivity contribution in [2.75, 3.05) is 18.0 Å². The molecular weight excluding hydrogens is 236 g/mol. The molecule has 1 aliphatic rings. The van der Waals surface area contributed by atoms with E-state index in [2.05, 4.69) is 14.9 Å². The van der Waals surface area contributed by atoms with Crippen molar-refractivity contribution in [2.45, 2.75) is 25.8 Å². The van der Waals surface area contributed by atoms with E-state index >= 15 is 0 Å². The van der Waals surface area contributed by atoms with Crippen LogP contribution in [0.25, 0.3) is 10.4 Å². The maximum absolute atomic E-state index is 8.41. The molecule has 4 nitrogen and oxygen atoms in total. The second-order valence-electron chi connectivity index (χ2n) is 4.21. The van der Waals surface area contributed by atoms with Gasteiger partial charge in [-0.15, -0.1) is 0 Å². The van der Waals surface area contributed by atoms with Gasteiger partial charge in [-0.05, 0) is 48.6 Å². The van der Waals surface area contributed by atoms with Gasteiger partial charge in [-0.1, -0.05) is 16.7 Å². The third kappa shape index (κ3) is 3.05. The number of rotatable bonds is 3. The number of hydrogen-bond acceptors (Lipinski definition) is 2. The van der Waals surface area contributed by atoms with E-state index in [1.807, 2.05) is 18.2 Å². The van der Waals surface area contributed by atoms with Gasteiger partial charge in [0.15, 0.2) is 0 Å². The Balaban J connectivity index is 2.27. The van der Waals surface area contributed by atoms with Gasteiger partial charge in [0.1, 0.15) is 0 Å². The van der Waals surface area contributed by atoms with Gasteiger partial charge in [0.25, 0.3) is 0 Å². The second-order valence-corrected chi connectivity index (χ2v) is 4.65. The Kier molecular flexibility index (Phi) is 4.13. The standard InChI is InChI=1S/C12H15ClN4/c13-11-4-5-12(10(8-11)9-15-16-14)17-6-2-1-3-7-17/h4-5,8H,1-3,6-7,9H2. The molecule has 0 aliphatic carbocycles. The third-order valence-corrected chi connectivity index (χ3v) is 3.28. The van der Waals surface area contributed by atoms with Gasteiger partial charge >= 0.3 is 0 Å². The molecular formula is C12H15ClN4. The molecule has 1 saturated heterocycles. The molecule has 0 saturated carbocycles. The largest absolute Gasteiger partial charge is 0.371 e. The fraction of sp³-hybridized carbons (Fsp3) is 0.500. The van der Waals surface area contributed by atoms with E-state index in [0.29, 0.717) is 11.6 Å². The Labute approximate surface area is 106 Å². The molecule has 0 bridgehead atoms. The normalized spacial score (nSPS) is 15.5. The number of anilines is 1. The minimum absolute atomic E-state index is 0.364. The molecule has 17 heavy (non-hydrogen) atoms. The molecule has 1 aromatic rings. The highest BCUT2D eigenvalue weighted by Crippen LogP contribution is 2.27. The Morgan fingerprint density at radius 1 is 1.29 bits per heavy atom. The van der Waals surface area contributed by atoms with Crippen LogP contribution < -0.4 is 4.90 Å². The van der Waals surface area contributed by atoms with Gasteiger partial charge in [0.05, 0.1) is 6.54 Å². The van der Waals surface area contributed by atoms with E-state index in [4.69, 9.17) is 17.1 Å². The quantitative estimate of drug-likeness (QED) is 0.452. The van der Waals surface area contributed by atoms with Gasteiger partial charge in [0, 0.05) is 28.7 Å². The maximum Gasteiger partial charge on any atom is 0.0531 e. The lowest BCUT2D eigenvalue weighted by atomic mass is 10.1. The Bertz CT molecular complexity index is 434. The van der Waals surface area contributed by atoms with Crippen molar-refractivity contribution in [3.8, 4) is 0 Å². The Morgan fingerprint density at radius 3 is 2.76 bits per heavy atom. The maximum atomic E-state index is 8.41. The summed E-state index contributed by atoms with van der Waals surface area (Å²) in [5.41, 5.74) is 10.6. The van der Waals surface area contributed by atoms with E-state index in [9.17, 15) is 0 Å². The summed E-state index contributed by atoms with van der Waals surface area (Å²) in [5, 5.41) is 4.32. The average Bonchev–Trinajstić information content (AvgIpc) is 2.37. The predicted octanol–water partition coefficient (Wildman–Crippen LogP) is 4.14. The first-order chi connectivity index (χ1) is 8.31. The molecule has 0 amide bonds. The summed E-state index contributed by atoms with van der Waals surface area (Å²) in [6.45, 7) is 2.51. The van der Waals surface area contributed by atoms with Gasteiger partial charge in [-0.25, -0.2) is 0 Å². The van der Waals surface area contributed by atoms with Crippen molar-refractivity contribution in [1.82, 2.24) is 0 Å². The molecule has 90 valence electrons. The summed E-state index contributed by atoms with van der Waals surface area (Å²) in [6.07, 6.45) is 3.75. The van der Waals surface area contributed by atoms with Crippen LogP contribution in [-0.4, -0.2) is 13.1 Å². The molecule has 1 fully saturated rings. The van der Waals surface area contributed by atoms with E-state index in [1.54, 1.807) is 0 Å². The molecule has 2 rings (SSSR count). The predicted molar refractivity (Wildman–Crippen MR) is 70.4 cm³/mol. The highest BCUT2D eigenvalue weighted by molar-refractivity contribution is 6.30. The molecule has 1 aromatic carbocycles. The molecule has 5 heteroatoms. The smallest absolute Gasteiger partial charge is 0.0531 e. The van der Waals surface area contributed by atoms with Crippen LogP contribution in [-0.2, 0) is 6.54 Å². The van der Waals surface area contributed by atoms with Crippen LogP contribution in [0.3, 0.4) is 0 Å². The Morgan fingerprint density at radius 2 is 2.06 bits per heavy atom. The van der Waals surface area contributed by atoms with Gasteiger partial charge in [0.2, 0.25) is 0 Å². The lowest BCUT2D eigenvalue weighted by Crippen LogP contribution is -2.30. The van der Waals surface area contributed by atoms with Crippen molar-refractivity contribution in [2.24, 2.45) is 5.11 Å². The summed E-state index contributed by atoms with van der Waals surface area (Å²) in [5.74, 6) is 0. The van der Waals surface area contributed by atoms with E-state index in [-0.39, 0.29) is 0 Å². The summed E-state index contributed by atoms with van der Waals surface area (Å²) < 4.78 is 0. The van der Waals surface area contributed by atoms with Crippen molar-refractivity contribution in [1.29, 1.82) is 0 Å². The number of benzene rings is 1. The average molecular weight is 251 g/mol. The zero-order valence-corrected chi connectivity index (χ0v) is 10.4. The monoisotopic (exact) mass is 250 g/mol. The number of nitrogens with zero attached hydrogens (tertiary/aromatic N) is 4. The van der Waals surface area contributed by atoms with Crippen molar-refractivity contribution in [3.63, 3.8) is 0 Å². The number of halogens is 1. The molecule has 0 aromatic heterocycles. The number of piperidine rings is 1. The molecule has 0 unspecified atom stereocenters. The number of hydrogen-bond donors (Lipinski definition) is 0. The van der Waals surface area contributed by atoms with Gasteiger partial charge < -0.3 is 4.90 Å². The molecule has 0 spiro atoms. The first-order valence-electron chi connectivity index (χ1n) is 5.85. The van der Waals surface area contributed by atoms with Gasteiger partial charge in [-0.2, -0.15) is 0 Å². The lowest BCUT2D eigenvalue weighted by molar-refractivity contribution is 0.576. The molecule has 0 atom stereocenters. The fourth-order valence-corrected chi connectivity index (χ4v) is 2.43. The van der Waals surface area contributed by atoms with Crippen LogP contribution in [0.4, 0.5) is 5.69 Å². The van der Waals surface area contributed by atoms with Gasteiger partial charge in [-0.3, -0.25) is 0 Å². The van der Waals surface area contributed by atoms with E-state index < -0.39 is 0 Å². The van der Waals surface area contributed by atoms with Crippen molar-refractivity contribution >= 4 is 17.3 Å². The summed E-state index contributed by atoms with van der Waals surface area (Å²) >= 11 is 5.98. The van der Waals surface area contributed by atoms with Crippen LogP contribution in [0.5, 0.6) is 0 Å². The zero-order chi connectivity index (χ0) is 12.1. The third-order valence-electron chi connectivity index (χ3n) is 3.04. The first kappa shape index (κ1) is 12.1. The van der Waals surface area contributed by atoms with E-state index in [0.717, 1.165) is 24.3 Å². The Hall–Kier alpha value is -1.38. The molecule has 0 N–H and O–H groups in total. The van der Waals surface area contributed by atoms with Crippen LogP contribution in [0.1, 0.15) is 24.8 Å². The SMILES string of the molecule is [N-]=[N+]=NCc1cc(Cl)ccc1N1CCCCC1. The summed E-state index contributed by atoms with van der Waals surface area (Å²) in [4.78, 5) is 5.16. The summed E-state index contributed by atoms with van der Waals surface area (Å²) in [6, 6.07) is 5.81. The van der Waals surface area contributed by atoms with Crippen LogP contribution in [0, 0.1) is 0 Å².